The van der Waals surface area contributed by atoms with E-state index < -0.39 is 10.0 Å². The van der Waals surface area contributed by atoms with Gasteiger partial charge in [0.15, 0.2) is 0 Å². The van der Waals surface area contributed by atoms with Crippen LogP contribution in [0.1, 0.15) is 11.1 Å². The summed E-state index contributed by atoms with van der Waals surface area (Å²) in [7, 11) is -0.250. The molecule has 1 saturated heterocycles. The van der Waals surface area contributed by atoms with Gasteiger partial charge in [0.05, 0.1) is 19.1 Å². The zero-order chi connectivity index (χ0) is 20.3. The maximum absolute atomic E-state index is 13.0. The molecule has 0 amide bonds. The van der Waals surface area contributed by atoms with Gasteiger partial charge in [-0.25, -0.2) is 8.42 Å². The van der Waals surface area contributed by atoms with E-state index in [1.54, 1.807) is 43.6 Å². The minimum absolute atomic E-state index is 0.319. The van der Waals surface area contributed by atoms with Gasteiger partial charge in [-0.1, -0.05) is 11.6 Å². The Morgan fingerprint density at radius 3 is 2.32 bits per heavy atom. The van der Waals surface area contributed by atoms with E-state index in [4.69, 9.17) is 21.1 Å². The molecule has 0 spiro atoms. The van der Waals surface area contributed by atoms with Gasteiger partial charge < -0.3 is 9.47 Å². The van der Waals surface area contributed by atoms with Gasteiger partial charge >= 0.3 is 0 Å². The van der Waals surface area contributed by atoms with Crippen molar-refractivity contribution in [1.29, 1.82) is 0 Å². The Morgan fingerprint density at radius 2 is 1.71 bits per heavy atom. The summed E-state index contributed by atoms with van der Waals surface area (Å²) in [6.07, 6.45) is 0. The van der Waals surface area contributed by atoms with E-state index in [2.05, 4.69) is 4.90 Å². The Morgan fingerprint density at radius 1 is 1.00 bits per heavy atom. The molecule has 8 heteroatoms. The van der Waals surface area contributed by atoms with Crippen LogP contribution in [0.2, 0.25) is 5.02 Å². The Balaban J connectivity index is 1.69. The van der Waals surface area contributed by atoms with Crippen LogP contribution < -0.4 is 9.47 Å². The molecule has 28 heavy (non-hydrogen) atoms. The first kappa shape index (κ1) is 20.9. The number of sulfonamides is 1. The third-order valence-corrected chi connectivity index (χ3v) is 7.26. The van der Waals surface area contributed by atoms with Crippen molar-refractivity contribution in [2.24, 2.45) is 0 Å². The van der Waals surface area contributed by atoms with Crippen LogP contribution in [0.15, 0.2) is 41.3 Å². The summed E-state index contributed by atoms with van der Waals surface area (Å²) in [5.74, 6) is 1.57. The number of piperazine rings is 1. The molecule has 0 N–H and O–H groups in total. The van der Waals surface area contributed by atoms with Gasteiger partial charge in [-0.3, -0.25) is 4.90 Å². The molecule has 0 bridgehead atoms. The summed E-state index contributed by atoms with van der Waals surface area (Å²) in [4.78, 5) is 2.54. The molecule has 0 aromatic heterocycles. The quantitative estimate of drug-likeness (QED) is 0.712. The van der Waals surface area contributed by atoms with Crippen molar-refractivity contribution in [3.63, 3.8) is 0 Å². The second-order valence-electron chi connectivity index (χ2n) is 6.77. The molecule has 1 aliphatic rings. The van der Waals surface area contributed by atoms with Gasteiger partial charge in [-0.05, 0) is 48.9 Å². The molecule has 0 saturated carbocycles. The highest BCUT2D eigenvalue weighted by atomic mass is 35.5. The van der Waals surface area contributed by atoms with Gasteiger partial charge in [0.2, 0.25) is 10.0 Å². The van der Waals surface area contributed by atoms with Gasteiger partial charge in [-0.2, -0.15) is 4.31 Å². The van der Waals surface area contributed by atoms with E-state index in [0.29, 0.717) is 48.2 Å². The van der Waals surface area contributed by atoms with Crippen LogP contribution in [0.5, 0.6) is 11.5 Å². The van der Waals surface area contributed by atoms with Crippen LogP contribution in [0.4, 0.5) is 0 Å². The Kier molecular flexibility index (Phi) is 6.50. The zero-order valence-electron chi connectivity index (χ0n) is 16.3. The van der Waals surface area contributed by atoms with Crippen molar-refractivity contribution >= 4 is 21.6 Å². The first-order chi connectivity index (χ1) is 13.3. The summed E-state index contributed by atoms with van der Waals surface area (Å²) in [6, 6.07) is 10.6. The largest absolute Gasteiger partial charge is 0.497 e. The average molecular weight is 425 g/mol. The number of ether oxygens (including phenoxy) is 2. The summed E-state index contributed by atoms with van der Waals surface area (Å²) in [6.45, 7) is 4.62. The monoisotopic (exact) mass is 424 g/mol. The normalized spacial score (nSPS) is 16.1. The lowest BCUT2D eigenvalue weighted by molar-refractivity contribution is 0.180. The number of benzene rings is 2. The first-order valence-electron chi connectivity index (χ1n) is 9.04. The average Bonchev–Trinajstić information content (AvgIpc) is 2.68. The fraction of sp³-hybridized carbons (Fsp3) is 0.400. The number of rotatable bonds is 6. The molecule has 1 fully saturated rings. The van der Waals surface area contributed by atoms with Gasteiger partial charge in [0, 0.05) is 43.3 Å². The topological polar surface area (TPSA) is 59.1 Å². The standard InChI is InChI=1S/C20H25ClN2O4S/c1-15-12-17(21)4-7-20(15)28(24,25)23-10-8-22(9-11-23)14-16-13-18(26-2)5-6-19(16)27-3/h4-7,12-13H,8-11,14H2,1-3H3. The summed E-state index contributed by atoms with van der Waals surface area (Å²) in [5, 5.41) is 0.536. The maximum atomic E-state index is 13.0. The van der Waals surface area contributed by atoms with Gasteiger partial charge in [0.25, 0.3) is 0 Å². The Labute approximate surface area is 171 Å². The lowest BCUT2D eigenvalue weighted by atomic mass is 10.1. The molecule has 1 aliphatic heterocycles. The number of methoxy groups -OCH3 is 2. The van der Waals surface area contributed by atoms with E-state index in [1.165, 1.54) is 0 Å². The smallest absolute Gasteiger partial charge is 0.243 e. The zero-order valence-corrected chi connectivity index (χ0v) is 17.9. The van der Waals surface area contributed by atoms with Crippen molar-refractivity contribution in [3.8, 4) is 11.5 Å². The highest BCUT2D eigenvalue weighted by molar-refractivity contribution is 7.89. The molecular formula is C20H25ClN2O4S. The molecular weight excluding hydrogens is 400 g/mol. The van der Waals surface area contributed by atoms with Crippen LogP contribution in [-0.2, 0) is 16.6 Å². The highest BCUT2D eigenvalue weighted by Gasteiger charge is 2.29. The maximum Gasteiger partial charge on any atom is 0.243 e. The molecule has 2 aromatic carbocycles. The number of hydrogen-bond acceptors (Lipinski definition) is 5. The lowest BCUT2D eigenvalue weighted by Gasteiger charge is -2.34. The van der Waals surface area contributed by atoms with E-state index in [0.717, 1.165) is 17.1 Å². The summed E-state index contributed by atoms with van der Waals surface area (Å²) in [5.41, 5.74) is 1.68. The predicted octanol–water partition coefficient (Wildman–Crippen LogP) is 3.17. The van der Waals surface area contributed by atoms with E-state index >= 15 is 0 Å². The Bertz CT molecular complexity index is 941. The molecule has 0 radical (unpaired) electrons. The minimum atomic E-state index is -3.53. The molecule has 3 rings (SSSR count). The third-order valence-electron chi connectivity index (χ3n) is 4.97. The van der Waals surface area contributed by atoms with Crippen LogP contribution in [0.25, 0.3) is 0 Å². The minimum Gasteiger partial charge on any atom is -0.497 e. The van der Waals surface area contributed by atoms with Crippen LogP contribution in [-0.4, -0.2) is 58.0 Å². The fourth-order valence-corrected chi connectivity index (χ4v) is 5.27. The van der Waals surface area contributed by atoms with E-state index in [-0.39, 0.29) is 0 Å². The molecule has 6 nitrogen and oxygen atoms in total. The van der Waals surface area contributed by atoms with Crippen molar-refractivity contribution in [1.82, 2.24) is 9.21 Å². The van der Waals surface area contributed by atoms with Crippen molar-refractivity contribution in [2.45, 2.75) is 18.4 Å². The number of hydrogen-bond donors (Lipinski definition) is 0. The summed E-state index contributed by atoms with van der Waals surface area (Å²) < 4.78 is 38.3. The second kappa shape index (κ2) is 8.69. The highest BCUT2D eigenvalue weighted by Crippen LogP contribution is 2.27. The van der Waals surface area contributed by atoms with Crippen molar-refractivity contribution in [2.75, 3.05) is 40.4 Å². The van der Waals surface area contributed by atoms with E-state index in [1.807, 2.05) is 18.2 Å². The molecule has 152 valence electrons. The number of halogens is 1. The Hall–Kier alpha value is -1.80. The fourth-order valence-electron chi connectivity index (χ4n) is 3.42. The predicted molar refractivity (Wildman–Crippen MR) is 110 cm³/mol. The van der Waals surface area contributed by atoms with Gasteiger partial charge in [-0.15, -0.1) is 0 Å². The van der Waals surface area contributed by atoms with Crippen LogP contribution in [0.3, 0.4) is 0 Å². The molecule has 2 aromatic rings. The number of aryl methyl sites for hydroxylation is 1. The van der Waals surface area contributed by atoms with Crippen LogP contribution in [0, 0.1) is 6.92 Å². The molecule has 0 unspecified atom stereocenters. The number of nitrogens with zero attached hydrogens (tertiary/aromatic N) is 2. The first-order valence-corrected chi connectivity index (χ1v) is 10.9. The van der Waals surface area contributed by atoms with E-state index in [9.17, 15) is 8.42 Å². The molecule has 0 atom stereocenters. The van der Waals surface area contributed by atoms with Crippen LogP contribution >= 0.6 is 11.6 Å². The summed E-state index contributed by atoms with van der Waals surface area (Å²) >= 11 is 5.96. The van der Waals surface area contributed by atoms with Gasteiger partial charge in [0.1, 0.15) is 11.5 Å². The van der Waals surface area contributed by atoms with Crippen molar-refractivity contribution < 1.29 is 17.9 Å². The second-order valence-corrected chi connectivity index (χ2v) is 9.11. The molecule has 0 aliphatic carbocycles. The SMILES string of the molecule is COc1ccc(OC)c(CN2CCN(S(=O)(=O)c3ccc(Cl)cc3C)CC2)c1. The third kappa shape index (κ3) is 4.43. The van der Waals surface area contributed by atoms with Crippen molar-refractivity contribution in [3.05, 3.63) is 52.5 Å². The molecule has 1 heterocycles. The lowest BCUT2D eigenvalue weighted by Crippen LogP contribution is -2.48.